The Morgan fingerprint density at radius 1 is 0.722 bits per heavy atom. The van der Waals surface area contributed by atoms with Crippen molar-refractivity contribution in [2.24, 2.45) is 0 Å². The largest absolute Gasteiger partial charge is 0.435 e. The first-order valence-corrected chi connectivity index (χ1v) is 11.3. The summed E-state index contributed by atoms with van der Waals surface area (Å²) in [5.41, 5.74) is 0.202. The summed E-state index contributed by atoms with van der Waals surface area (Å²) in [6.45, 7) is 1.87. The number of benzene rings is 1. The van der Waals surface area contributed by atoms with Crippen LogP contribution in [-0.2, 0) is 6.18 Å². The highest BCUT2D eigenvalue weighted by Crippen LogP contribution is 2.42. The van der Waals surface area contributed by atoms with E-state index in [1.165, 1.54) is 6.20 Å². The van der Waals surface area contributed by atoms with Crippen LogP contribution in [0.5, 0.6) is 0 Å². The van der Waals surface area contributed by atoms with E-state index in [1.807, 2.05) is 13.0 Å². The molecule has 0 spiro atoms. The normalized spacial score (nSPS) is 11.6. The Bertz CT molecular complexity index is 1520. The van der Waals surface area contributed by atoms with Crippen molar-refractivity contribution in [3.05, 3.63) is 101 Å². The minimum Gasteiger partial charge on any atom is -0.276 e. The Hall–Kier alpha value is -3.89. The van der Waals surface area contributed by atoms with Gasteiger partial charge in [-0.25, -0.2) is 19.3 Å². The molecule has 4 heterocycles. The summed E-state index contributed by atoms with van der Waals surface area (Å²) in [4.78, 5) is 10.9. The fraction of sp³-hybridized carbons (Fsp3) is 0.0833. The molecule has 0 aliphatic carbocycles. The lowest BCUT2D eigenvalue weighted by molar-refractivity contribution is -0.141. The van der Waals surface area contributed by atoms with Crippen LogP contribution >= 0.6 is 23.2 Å². The Morgan fingerprint density at radius 2 is 1.25 bits per heavy atom. The summed E-state index contributed by atoms with van der Waals surface area (Å²) < 4.78 is 41.9. The van der Waals surface area contributed by atoms with E-state index < -0.39 is 11.9 Å². The van der Waals surface area contributed by atoms with E-state index >= 15 is 0 Å². The lowest BCUT2D eigenvalue weighted by atomic mass is 10.2. The number of para-hydroxylation sites is 1. The molecule has 182 valence electrons. The Kier molecular flexibility index (Phi) is 6.15. The van der Waals surface area contributed by atoms with Gasteiger partial charge in [0.15, 0.2) is 17.3 Å². The number of nitrogens with zero attached hydrogens (tertiary/aromatic N) is 7. The monoisotopic (exact) mass is 529 g/mol. The van der Waals surface area contributed by atoms with E-state index in [1.54, 1.807) is 70.4 Å². The lowest BCUT2D eigenvalue weighted by Gasteiger charge is -2.25. The standard InChI is InChI=1S/C24H16Cl2F3N7/c1-15-11-13-34(32-15)19-7-3-9-21(30-19)36(23-16(25)5-2-6-17(23)26)22-10-4-8-20(31-22)35-14-12-18(33-35)24(27,28)29/h2-14H,1H3. The average Bonchev–Trinajstić information content (AvgIpc) is 3.51. The number of hydrogen-bond acceptors (Lipinski definition) is 5. The summed E-state index contributed by atoms with van der Waals surface area (Å²) in [5, 5.41) is 8.68. The van der Waals surface area contributed by atoms with Gasteiger partial charge in [0.1, 0.15) is 11.6 Å². The van der Waals surface area contributed by atoms with Crippen LogP contribution in [-0.4, -0.2) is 29.5 Å². The van der Waals surface area contributed by atoms with Gasteiger partial charge in [-0.3, -0.25) is 4.90 Å². The van der Waals surface area contributed by atoms with E-state index in [9.17, 15) is 13.2 Å². The van der Waals surface area contributed by atoms with Gasteiger partial charge in [-0.05, 0) is 55.5 Å². The quantitative estimate of drug-likeness (QED) is 0.246. The number of hydrogen-bond donors (Lipinski definition) is 0. The van der Waals surface area contributed by atoms with Crippen molar-refractivity contribution in [3.8, 4) is 11.6 Å². The number of alkyl halides is 3. The zero-order valence-electron chi connectivity index (χ0n) is 18.5. The van der Waals surface area contributed by atoms with Crippen LogP contribution in [0.3, 0.4) is 0 Å². The van der Waals surface area contributed by atoms with Gasteiger partial charge in [-0.15, -0.1) is 0 Å². The first-order valence-electron chi connectivity index (χ1n) is 10.5. The number of aromatic nitrogens is 6. The van der Waals surface area contributed by atoms with Gasteiger partial charge in [-0.1, -0.05) is 41.4 Å². The van der Waals surface area contributed by atoms with Crippen LogP contribution in [0, 0.1) is 6.92 Å². The molecule has 0 atom stereocenters. The molecule has 7 nitrogen and oxygen atoms in total. The zero-order valence-corrected chi connectivity index (χ0v) is 20.0. The summed E-state index contributed by atoms with van der Waals surface area (Å²) in [5.74, 6) is 1.42. The van der Waals surface area contributed by atoms with Crippen LogP contribution in [0.2, 0.25) is 10.0 Å². The predicted molar refractivity (Wildman–Crippen MR) is 131 cm³/mol. The van der Waals surface area contributed by atoms with Crippen molar-refractivity contribution < 1.29 is 13.2 Å². The van der Waals surface area contributed by atoms with Crippen molar-refractivity contribution in [2.45, 2.75) is 13.1 Å². The molecular weight excluding hydrogens is 514 g/mol. The van der Waals surface area contributed by atoms with Crippen LogP contribution in [0.25, 0.3) is 11.6 Å². The highest BCUT2D eigenvalue weighted by Gasteiger charge is 2.33. The number of aryl methyl sites for hydroxylation is 1. The van der Waals surface area contributed by atoms with Crippen molar-refractivity contribution in [1.82, 2.24) is 29.5 Å². The van der Waals surface area contributed by atoms with Gasteiger partial charge in [0.25, 0.3) is 0 Å². The molecule has 0 aliphatic heterocycles. The average molecular weight is 530 g/mol. The maximum atomic E-state index is 13.1. The van der Waals surface area contributed by atoms with E-state index in [0.29, 0.717) is 33.2 Å². The third kappa shape index (κ3) is 4.65. The zero-order chi connectivity index (χ0) is 25.4. The maximum absolute atomic E-state index is 13.1. The first-order chi connectivity index (χ1) is 17.2. The van der Waals surface area contributed by atoms with Gasteiger partial charge in [0, 0.05) is 12.4 Å². The predicted octanol–water partition coefficient (Wildman–Crippen LogP) is 6.95. The molecule has 1 aromatic carbocycles. The molecule has 36 heavy (non-hydrogen) atoms. The molecule has 0 bridgehead atoms. The molecule has 0 unspecified atom stereocenters. The molecule has 0 amide bonds. The number of anilines is 3. The second-order valence-corrected chi connectivity index (χ2v) is 8.47. The van der Waals surface area contributed by atoms with Crippen molar-refractivity contribution in [1.29, 1.82) is 0 Å². The van der Waals surface area contributed by atoms with Gasteiger partial charge < -0.3 is 0 Å². The van der Waals surface area contributed by atoms with Gasteiger partial charge in [-0.2, -0.15) is 23.4 Å². The summed E-state index contributed by atoms with van der Waals surface area (Å²) >= 11 is 13.1. The Labute approximate surface area is 213 Å². The van der Waals surface area contributed by atoms with Crippen LogP contribution in [0.1, 0.15) is 11.4 Å². The van der Waals surface area contributed by atoms with E-state index in [0.717, 1.165) is 16.4 Å². The van der Waals surface area contributed by atoms with Gasteiger partial charge in [0.05, 0.1) is 21.4 Å². The van der Waals surface area contributed by atoms with Crippen molar-refractivity contribution >= 4 is 40.5 Å². The maximum Gasteiger partial charge on any atom is 0.435 e. The topological polar surface area (TPSA) is 64.7 Å². The number of rotatable bonds is 5. The van der Waals surface area contributed by atoms with Gasteiger partial charge >= 0.3 is 6.18 Å². The molecule has 4 aromatic heterocycles. The molecule has 0 fully saturated rings. The third-order valence-corrected chi connectivity index (χ3v) is 5.74. The van der Waals surface area contributed by atoms with E-state index in [4.69, 9.17) is 28.2 Å². The minimum atomic E-state index is -4.57. The second-order valence-electron chi connectivity index (χ2n) is 7.66. The third-order valence-electron chi connectivity index (χ3n) is 5.13. The molecule has 0 N–H and O–H groups in total. The number of halogens is 5. The summed E-state index contributed by atoms with van der Waals surface area (Å²) in [6.07, 6.45) is -1.60. The van der Waals surface area contributed by atoms with Crippen molar-refractivity contribution in [2.75, 3.05) is 4.90 Å². The summed E-state index contributed by atoms with van der Waals surface area (Å²) in [6, 6.07) is 17.9. The van der Waals surface area contributed by atoms with Crippen LogP contribution < -0.4 is 4.90 Å². The molecule has 0 aliphatic rings. The fourth-order valence-electron chi connectivity index (χ4n) is 3.52. The van der Waals surface area contributed by atoms with Crippen LogP contribution in [0.15, 0.2) is 79.1 Å². The van der Waals surface area contributed by atoms with E-state index in [-0.39, 0.29) is 5.82 Å². The highest BCUT2D eigenvalue weighted by molar-refractivity contribution is 6.39. The molecule has 0 saturated carbocycles. The molecule has 5 rings (SSSR count). The molecule has 0 radical (unpaired) electrons. The fourth-order valence-corrected chi connectivity index (χ4v) is 4.09. The molecule has 5 aromatic rings. The lowest BCUT2D eigenvalue weighted by Crippen LogP contribution is -2.16. The second kappa shape index (κ2) is 9.29. The molecule has 12 heteroatoms. The molecular formula is C24H16Cl2F3N7. The Morgan fingerprint density at radius 3 is 1.75 bits per heavy atom. The van der Waals surface area contributed by atoms with E-state index in [2.05, 4.69) is 15.2 Å². The number of pyridine rings is 2. The smallest absolute Gasteiger partial charge is 0.276 e. The summed E-state index contributed by atoms with van der Waals surface area (Å²) in [7, 11) is 0. The highest BCUT2D eigenvalue weighted by atomic mass is 35.5. The van der Waals surface area contributed by atoms with Crippen molar-refractivity contribution in [3.63, 3.8) is 0 Å². The SMILES string of the molecule is Cc1ccn(-c2cccc(N(c3cccc(-n4ccc(C(F)(F)F)n4)n3)c3c(Cl)cccc3Cl)n2)n1. The minimum absolute atomic E-state index is 0.162. The Balaban J connectivity index is 1.66. The van der Waals surface area contributed by atoms with Crippen LogP contribution in [0.4, 0.5) is 30.5 Å². The molecule has 0 saturated heterocycles. The first kappa shape index (κ1) is 23.8. The van der Waals surface area contributed by atoms with Gasteiger partial charge in [0.2, 0.25) is 0 Å².